The van der Waals surface area contributed by atoms with Gasteiger partial charge >= 0.3 is 0 Å². The normalized spacial score (nSPS) is 29.8. The molecule has 10 nitrogen and oxygen atoms in total. The first-order chi connectivity index (χ1) is 11.4. The third kappa shape index (κ3) is 4.24. The van der Waals surface area contributed by atoms with Crippen molar-refractivity contribution < 1.29 is 29.6 Å². The van der Waals surface area contributed by atoms with Crippen molar-refractivity contribution in [3.05, 3.63) is 30.1 Å². The summed E-state index contributed by atoms with van der Waals surface area (Å²) in [5, 5.41) is 31.7. The number of aliphatic hydroxyl groups excluding tert-OH is 3. The number of carbonyl (C=O) groups is 2. The van der Waals surface area contributed by atoms with E-state index in [-0.39, 0.29) is 0 Å². The van der Waals surface area contributed by atoms with Gasteiger partial charge in [-0.05, 0) is 12.1 Å². The van der Waals surface area contributed by atoms with E-state index in [0.717, 1.165) is 0 Å². The van der Waals surface area contributed by atoms with Gasteiger partial charge in [0.05, 0.1) is 12.6 Å². The lowest BCUT2D eigenvalue weighted by atomic mass is 9.96. The molecule has 1 fully saturated rings. The van der Waals surface area contributed by atoms with E-state index in [1.165, 1.54) is 31.5 Å². The van der Waals surface area contributed by atoms with Crippen molar-refractivity contribution in [3.8, 4) is 0 Å². The molecule has 1 aromatic heterocycles. The summed E-state index contributed by atoms with van der Waals surface area (Å²) in [6.45, 7) is 0.700. The maximum absolute atomic E-state index is 12.0. The first-order valence-electron chi connectivity index (χ1n) is 7.29. The second-order valence-corrected chi connectivity index (χ2v) is 5.32. The number of ether oxygens (including phenoxy) is 1. The van der Waals surface area contributed by atoms with Gasteiger partial charge in [-0.15, -0.1) is 0 Å². The van der Waals surface area contributed by atoms with Gasteiger partial charge in [-0.3, -0.25) is 20.0 Å². The number of carbonyl (C=O) groups excluding carboxylic acids is 2. The quantitative estimate of drug-likeness (QED) is 0.316. The molecule has 24 heavy (non-hydrogen) atoms. The minimum atomic E-state index is -1.39. The van der Waals surface area contributed by atoms with Gasteiger partial charge in [0.25, 0.3) is 5.91 Å². The fourth-order valence-corrected chi connectivity index (χ4v) is 2.35. The fraction of sp³-hybridized carbons (Fsp3) is 0.500. The smallest absolute Gasteiger partial charge is 0.265 e. The van der Waals surface area contributed by atoms with E-state index in [2.05, 4.69) is 21.2 Å². The third-order valence-electron chi connectivity index (χ3n) is 3.57. The van der Waals surface area contributed by atoms with Crippen LogP contribution in [-0.4, -0.2) is 69.3 Å². The van der Waals surface area contributed by atoms with Crippen molar-refractivity contribution in [2.24, 2.45) is 0 Å². The molecule has 0 bridgehead atoms. The van der Waals surface area contributed by atoms with Crippen molar-refractivity contribution >= 4 is 11.8 Å². The number of nitrogens with one attached hydrogen (secondary N) is 3. The lowest BCUT2D eigenvalue weighted by Gasteiger charge is -2.42. The van der Waals surface area contributed by atoms with E-state index < -0.39 is 49.0 Å². The zero-order valence-corrected chi connectivity index (χ0v) is 12.9. The Morgan fingerprint density at radius 2 is 1.92 bits per heavy atom. The van der Waals surface area contributed by atoms with Gasteiger partial charge in [0, 0.05) is 24.9 Å². The van der Waals surface area contributed by atoms with Crippen LogP contribution < -0.4 is 16.2 Å². The minimum Gasteiger partial charge on any atom is -0.394 e. The molecular formula is C14H20N4O6. The molecule has 5 atom stereocenters. The maximum Gasteiger partial charge on any atom is 0.265 e. The Morgan fingerprint density at radius 1 is 1.25 bits per heavy atom. The van der Waals surface area contributed by atoms with E-state index in [9.17, 15) is 24.9 Å². The Bertz CT molecular complexity index is 572. The SMILES string of the molecule is CC(=O)N[C@H]1C(NNC(=O)c2ccncc2)O[C@@H](CO)[C@@H](O)[C@@H]1O. The molecule has 132 valence electrons. The number of hydrazine groups is 1. The fourth-order valence-electron chi connectivity index (χ4n) is 2.35. The van der Waals surface area contributed by atoms with E-state index in [1.807, 2.05) is 0 Å². The third-order valence-corrected chi connectivity index (χ3v) is 3.57. The van der Waals surface area contributed by atoms with Crippen LogP contribution in [0.1, 0.15) is 17.3 Å². The molecule has 2 rings (SSSR count). The standard InChI is InChI=1S/C14H20N4O6/c1-7(20)16-10-12(22)11(21)9(6-19)24-14(10)18-17-13(23)8-2-4-15-5-3-8/h2-5,9-12,14,18-19,21-22H,6H2,1H3,(H,16,20)(H,17,23)/t9-,10+,11+,12+,14?/m0/s1. The van der Waals surface area contributed by atoms with Crippen molar-refractivity contribution in [3.63, 3.8) is 0 Å². The van der Waals surface area contributed by atoms with E-state index in [4.69, 9.17) is 4.74 Å². The Morgan fingerprint density at radius 3 is 2.50 bits per heavy atom. The molecule has 1 aromatic rings. The van der Waals surface area contributed by atoms with Gasteiger partial charge in [-0.1, -0.05) is 0 Å². The molecule has 0 spiro atoms. The molecule has 0 saturated carbocycles. The second kappa shape index (κ2) is 8.13. The first-order valence-corrected chi connectivity index (χ1v) is 7.29. The Balaban J connectivity index is 2.06. The van der Waals surface area contributed by atoms with Crippen molar-refractivity contribution in [2.75, 3.05) is 6.61 Å². The summed E-state index contributed by atoms with van der Waals surface area (Å²) in [5.41, 5.74) is 5.27. The average Bonchev–Trinajstić information content (AvgIpc) is 2.58. The number of aromatic nitrogens is 1. The Hall–Kier alpha value is -2.11. The van der Waals surface area contributed by atoms with E-state index in [1.54, 1.807) is 0 Å². The lowest BCUT2D eigenvalue weighted by Crippen LogP contribution is -2.69. The van der Waals surface area contributed by atoms with Crippen molar-refractivity contribution in [1.29, 1.82) is 0 Å². The Kier molecular flexibility index (Phi) is 6.17. The van der Waals surface area contributed by atoms with Crippen LogP contribution in [-0.2, 0) is 9.53 Å². The first kappa shape index (κ1) is 18.2. The number of aliphatic hydroxyl groups is 3. The number of pyridine rings is 1. The highest BCUT2D eigenvalue weighted by Crippen LogP contribution is 2.19. The number of amides is 2. The molecule has 1 unspecified atom stereocenters. The Labute approximate surface area is 137 Å². The van der Waals surface area contributed by atoms with Crippen LogP contribution in [0.5, 0.6) is 0 Å². The molecule has 0 aliphatic carbocycles. The van der Waals surface area contributed by atoms with Crippen molar-refractivity contribution in [2.45, 2.75) is 37.5 Å². The molecular weight excluding hydrogens is 320 g/mol. The summed E-state index contributed by atoms with van der Waals surface area (Å²) in [7, 11) is 0. The summed E-state index contributed by atoms with van der Waals surface area (Å²) in [6.07, 6.45) is -2.01. The number of hydrogen-bond acceptors (Lipinski definition) is 8. The van der Waals surface area contributed by atoms with Crippen LogP contribution >= 0.6 is 0 Å². The van der Waals surface area contributed by atoms with Gasteiger partial charge in [0.1, 0.15) is 24.5 Å². The van der Waals surface area contributed by atoms with Gasteiger partial charge in [0.15, 0.2) is 0 Å². The molecule has 0 radical (unpaired) electrons. The van der Waals surface area contributed by atoms with Crippen LogP contribution in [0.2, 0.25) is 0 Å². The van der Waals surface area contributed by atoms with E-state index >= 15 is 0 Å². The zero-order valence-electron chi connectivity index (χ0n) is 12.9. The zero-order chi connectivity index (χ0) is 17.7. The topological polar surface area (TPSA) is 153 Å². The van der Waals surface area contributed by atoms with Gasteiger partial charge in [0.2, 0.25) is 5.91 Å². The molecule has 10 heteroatoms. The van der Waals surface area contributed by atoms with E-state index in [0.29, 0.717) is 5.56 Å². The summed E-state index contributed by atoms with van der Waals surface area (Å²) < 4.78 is 5.41. The maximum atomic E-state index is 12.0. The molecule has 1 saturated heterocycles. The van der Waals surface area contributed by atoms with Crippen LogP contribution in [0.15, 0.2) is 24.5 Å². The second-order valence-electron chi connectivity index (χ2n) is 5.32. The number of rotatable bonds is 5. The number of hydrogen-bond donors (Lipinski definition) is 6. The van der Waals surface area contributed by atoms with Gasteiger partial charge in [-0.25, -0.2) is 5.43 Å². The monoisotopic (exact) mass is 340 g/mol. The van der Waals surface area contributed by atoms with Gasteiger partial charge in [-0.2, -0.15) is 0 Å². The highest BCUT2D eigenvalue weighted by Gasteiger charge is 2.44. The highest BCUT2D eigenvalue weighted by molar-refractivity contribution is 5.93. The largest absolute Gasteiger partial charge is 0.394 e. The summed E-state index contributed by atoms with van der Waals surface area (Å²) in [6, 6.07) is 1.97. The van der Waals surface area contributed by atoms with Crippen LogP contribution in [0, 0.1) is 0 Å². The van der Waals surface area contributed by atoms with Crippen molar-refractivity contribution in [1.82, 2.24) is 21.2 Å². The summed E-state index contributed by atoms with van der Waals surface area (Å²) >= 11 is 0. The molecule has 6 N–H and O–H groups in total. The van der Waals surface area contributed by atoms with Crippen LogP contribution in [0.3, 0.4) is 0 Å². The highest BCUT2D eigenvalue weighted by atomic mass is 16.5. The average molecular weight is 340 g/mol. The molecule has 0 aromatic carbocycles. The van der Waals surface area contributed by atoms with Crippen LogP contribution in [0.25, 0.3) is 0 Å². The predicted octanol–water partition coefficient (Wildman–Crippen LogP) is -2.74. The lowest BCUT2D eigenvalue weighted by molar-refractivity contribution is -0.204. The molecule has 1 aliphatic rings. The molecule has 2 amide bonds. The summed E-state index contributed by atoms with van der Waals surface area (Å²) in [4.78, 5) is 27.1. The molecule has 2 heterocycles. The minimum absolute atomic E-state index is 0.337. The number of nitrogens with zero attached hydrogens (tertiary/aromatic N) is 1. The predicted molar refractivity (Wildman–Crippen MR) is 80.2 cm³/mol. The van der Waals surface area contributed by atoms with Crippen LogP contribution in [0.4, 0.5) is 0 Å². The molecule has 1 aliphatic heterocycles. The van der Waals surface area contributed by atoms with Gasteiger partial charge < -0.3 is 25.4 Å². The summed E-state index contributed by atoms with van der Waals surface area (Å²) in [5.74, 6) is -0.937.